The molecule has 0 amide bonds. The average Bonchev–Trinajstić information content (AvgIpc) is 2.82. The Morgan fingerprint density at radius 2 is 2.00 bits per heavy atom. The molecule has 0 fully saturated rings. The van der Waals surface area contributed by atoms with E-state index in [1.807, 2.05) is 0 Å². The molecule has 0 bridgehead atoms. The molecule has 0 aliphatic heterocycles. The zero-order valence-corrected chi connectivity index (χ0v) is 13.1. The standard InChI is InChI=1S/C15H18BrNS/c1-3-11(2)12-4-6-14(7-5-12)17-9-15-8-13(16)10-18-15/h4-8,10-11,17H,3,9H2,1-2H3. The van der Waals surface area contributed by atoms with Crippen LogP contribution in [0.1, 0.15) is 36.6 Å². The number of rotatable bonds is 5. The maximum Gasteiger partial charge on any atom is 0.0494 e. The normalized spacial score (nSPS) is 12.4. The molecule has 0 spiro atoms. The lowest BCUT2D eigenvalue weighted by molar-refractivity contribution is 0.734. The summed E-state index contributed by atoms with van der Waals surface area (Å²) in [5.74, 6) is 0.646. The zero-order valence-electron chi connectivity index (χ0n) is 10.7. The van der Waals surface area contributed by atoms with Crippen LogP contribution in [-0.2, 0) is 6.54 Å². The summed E-state index contributed by atoms with van der Waals surface area (Å²) in [5, 5.41) is 5.56. The number of thiophene rings is 1. The van der Waals surface area contributed by atoms with Gasteiger partial charge in [0.15, 0.2) is 0 Å². The molecule has 0 saturated heterocycles. The van der Waals surface area contributed by atoms with Gasteiger partial charge in [-0.1, -0.05) is 26.0 Å². The van der Waals surface area contributed by atoms with E-state index in [2.05, 4.69) is 70.8 Å². The van der Waals surface area contributed by atoms with Crippen molar-refractivity contribution in [2.75, 3.05) is 5.32 Å². The summed E-state index contributed by atoms with van der Waals surface area (Å²) in [5.41, 5.74) is 2.61. The van der Waals surface area contributed by atoms with Crippen LogP contribution in [0.4, 0.5) is 5.69 Å². The first kappa shape index (κ1) is 13.6. The molecular weight excluding hydrogens is 306 g/mol. The number of hydrogen-bond donors (Lipinski definition) is 1. The molecule has 3 heteroatoms. The van der Waals surface area contributed by atoms with Crippen molar-refractivity contribution in [1.82, 2.24) is 0 Å². The highest BCUT2D eigenvalue weighted by Gasteiger charge is 2.02. The smallest absolute Gasteiger partial charge is 0.0494 e. The Bertz CT molecular complexity index is 489. The fraction of sp³-hybridized carbons (Fsp3) is 0.333. The SMILES string of the molecule is CCC(C)c1ccc(NCc2cc(Br)cs2)cc1. The van der Waals surface area contributed by atoms with E-state index in [4.69, 9.17) is 0 Å². The Labute approximate surface area is 121 Å². The minimum atomic E-state index is 0.646. The minimum Gasteiger partial charge on any atom is -0.380 e. The van der Waals surface area contributed by atoms with Crippen LogP contribution in [0.15, 0.2) is 40.2 Å². The molecule has 1 N–H and O–H groups in total. The highest BCUT2D eigenvalue weighted by Crippen LogP contribution is 2.23. The average molecular weight is 324 g/mol. The molecule has 1 aromatic heterocycles. The van der Waals surface area contributed by atoms with E-state index in [9.17, 15) is 0 Å². The zero-order chi connectivity index (χ0) is 13.0. The van der Waals surface area contributed by atoms with Gasteiger partial charge in [-0.3, -0.25) is 0 Å². The van der Waals surface area contributed by atoms with Gasteiger partial charge in [-0.05, 0) is 52.0 Å². The van der Waals surface area contributed by atoms with E-state index in [1.54, 1.807) is 11.3 Å². The lowest BCUT2D eigenvalue weighted by Crippen LogP contribution is -1.98. The van der Waals surface area contributed by atoms with Gasteiger partial charge in [0.1, 0.15) is 0 Å². The third-order valence-corrected chi connectivity index (χ3v) is 4.88. The van der Waals surface area contributed by atoms with Gasteiger partial charge in [0, 0.05) is 27.0 Å². The van der Waals surface area contributed by atoms with Crippen LogP contribution in [-0.4, -0.2) is 0 Å². The first-order valence-corrected chi connectivity index (χ1v) is 7.93. The van der Waals surface area contributed by atoms with E-state index in [1.165, 1.54) is 22.5 Å². The van der Waals surface area contributed by atoms with Crippen LogP contribution in [0.2, 0.25) is 0 Å². The number of benzene rings is 1. The van der Waals surface area contributed by atoms with Gasteiger partial charge in [0.2, 0.25) is 0 Å². The third-order valence-electron chi connectivity index (χ3n) is 3.18. The Morgan fingerprint density at radius 3 is 2.56 bits per heavy atom. The van der Waals surface area contributed by atoms with Gasteiger partial charge in [-0.2, -0.15) is 0 Å². The van der Waals surface area contributed by atoms with Gasteiger partial charge in [0.05, 0.1) is 0 Å². The Kier molecular flexibility index (Phi) is 4.84. The molecule has 2 aromatic rings. The highest BCUT2D eigenvalue weighted by atomic mass is 79.9. The molecule has 96 valence electrons. The summed E-state index contributed by atoms with van der Waals surface area (Å²) >= 11 is 5.25. The molecule has 1 atom stereocenters. The van der Waals surface area contributed by atoms with Crippen LogP contribution in [0.3, 0.4) is 0 Å². The van der Waals surface area contributed by atoms with Gasteiger partial charge < -0.3 is 5.32 Å². The maximum absolute atomic E-state index is 3.47. The lowest BCUT2D eigenvalue weighted by Gasteiger charge is -2.10. The topological polar surface area (TPSA) is 12.0 Å². The Balaban J connectivity index is 1.94. The maximum atomic E-state index is 3.47. The van der Waals surface area contributed by atoms with Gasteiger partial charge >= 0.3 is 0 Å². The summed E-state index contributed by atoms with van der Waals surface area (Å²) in [6, 6.07) is 10.9. The van der Waals surface area contributed by atoms with Crippen molar-refractivity contribution in [2.45, 2.75) is 32.7 Å². The predicted octanol–water partition coefficient (Wildman–Crippen LogP) is 5.64. The first-order valence-electron chi connectivity index (χ1n) is 6.25. The molecule has 0 aliphatic rings. The first-order chi connectivity index (χ1) is 8.69. The molecular formula is C15H18BrNS. The second-order valence-corrected chi connectivity index (χ2v) is 6.43. The molecule has 1 aromatic carbocycles. The van der Waals surface area contributed by atoms with Crippen molar-refractivity contribution in [3.8, 4) is 0 Å². The van der Waals surface area contributed by atoms with E-state index in [-0.39, 0.29) is 0 Å². The largest absolute Gasteiger partial charge is 0.380 e. The van der Waals surface area contributed by atoms with Crippen LogP contribution in [0.5, 0.6) is 0 Å². The summed E-state index contributed by atoms with van der Waals surface area (Å²) in [4.78, 5) is 1.34. The minimum absolute atomic E-state index is 0.646. The highest BCUT2D eigenvalue weighted by molar-refractivity contribution is 9.10. The molecule has 1 heterocycles. The Hall–Kier alpha value is -0.800. The molecule has 0 saturated carbocycles. The van der Waals surface area contributed by atoms with Crippen molar-refractivity contribution in [3.63, 3.8) is 0 Å². The Morgan fingerprint density at radius 1 is 1.28 bits per heavy atom. The lowest BCUT2D eigenvalue weighted by atomic mass is 9.99. The van der Waals surface area contributed by atoms with E-state index >= 15 is 0 Å². The molecule has 0 aliphatic carbocycles. The van der Waals surface area contributed by atoms with Crippen LogP contribution in [0.25, 0.3) is 0 Å². The van der Waals surface area contributed by atoms with Crippen LogP contribution < -0.4 is 5.32 Å². The molecule has 0 radical (unpaired) electrons. The third kappa shape index (κ3) is 3.59. The van der Waals surface area contributed by atoms with Gasteiger partial charge in [-0.15, -0.1) is 11.3 Å². The predicted molar refractivity (Wildman–Crippen MR) is 84.5 cm³/mol. The van der Waals surface area contributed by atoms with Crippen molar-refractivity contribution in [1.29, 1.82) is 0 Å². The summed E-state index contributed by atoms with van der Waals surface area (Å²) in [6.07, 6.45) is 1.19. The fourth-order valence-corrected chi connectivity index (χ4v) is 3.19. The molecule has 1 unspecified atom stereocenters. The van der Waals surface area contributed by atoms with Crippen molar-refractivity contribution in [2.24, 2.45) is 0 Å². The number of hydrogen-bond acceptors (Lipinski definition) is 2. The van der Waals surface area contributed by atoms with E-state index in [0.717, 1.165) is 11.0 Å². The van der Waals surface area contributed by atoms with Crippen LogP contribution >= 0.6 is 27.3 Å². The van der Waals surface area contributed by atoms with Gasteiger partial charge in [-0.25, -0.2) is 0 Å². The molecule has 2 rings (SSSR count). The van der Waals surface area contributed by atoms with E-state index < -0.39 is 0 Å². The van der Waals surface area contributed by atoms with Crippen molar-refractivity contribution in [3.05, 3.63) is 50.6 Å². The summed E-state index contributed by atoms with van der Waals surface area (Å²) in [7, 11) is 0. The number of anilines is 1. The summed E-state index contributed by atoms with van der Waals surface area (Å²) in [6.45, 7) is 5.38. The monoisotopic (exact) mass is 323 g/mol. The fourth-order valence-electron chi connectivity index (χ4n) is 1.80. The number of nitrogens with one attached hydrogen (secondary N) is 1. The second kappa shape index (κ2) is 6.39. The molecule has 1 nitrogen and oxygen atoms in total. The van der Waals surface area contributed by atoms with E-state index in [0.29, 0.717) is 5.92 Å². The van der Waals surface area contributed by atoms with Crippen molar-refractivity contribution >= 4 is 33.0 Å². The van der Waals surface area contributed by atoms with Crippen LogP contribution in [0, 0.1) is 0 Å². The number of halogens is 1. The van der Waals surface area contributed by atoms with Gasteiger partial charge in [0.25, 0.3) is 0 Å². The van der Waals surface area contributed by atoms with Crippen molar-refractivity contribution < 1.29 is 0 Å². The molecule has 18 heavy (non-hydrogen) atoms. The summed E-state index contributed by atoms with van der Waals surface area (Å²) < 4.78 is 1.16. The quantitative estimate of drug-likeness (QED) is 0.751. The second-order valence-electron chi connectivity index (χ2n) is 4.52.